The van der Waals surface area contributed by atoms with Crippen LogP contribution in [0.25, 0.3) is 0 Å². The molecule has 1 aromatic rings. The number of benzene rings is 1. The SMILES string of the molecule is CC(C)(C#N)N1CCN(C(=O)c2cccc(F)c2Cl)CC1. The predicted octanol–water partition coefficient (Wildman–Crippen LogP) is 2.54. The molecule has 0 bridgehead atoms. The largest absolute Gasteiger partial charge is 0.336 e. The minimum absolute atomic E-state index is 0.137. The first-order valence-electron chi connectivity index (χ1n) is 6.76. The lowest BCUT2D eigenvalue weighted by molar-refractivity contribution is 0.0520. The van der Waals surface area contributed by atoms with Crippen LogP contribution >= 0.6 is 11.6 Å². The fourth-order valence-electron chi connectivity index (χ4n) is 2.38. The summed E-state index contributed by atoms with van der Waals surface area (Å²) < 4.78 is 13.4. The van der Waals surface area contributed by atoms with E-state index in [0.29, 0.717) is 26.2 Å². The molecule has 6 heteroatoms. The minimum Gasteiger partial charge on any atom is -0.336 e. The van der Waals surface area contributed by atoms with E-state index in [1.54, 1.807) is 4.90 Å². The Labute approximate surface area is 128 Å². The maximum atomic E-state index is 13.4. The zero-order valence-electron chi connectivity index (χ0n) is 12.1. The van der Waals surface area contributed by atoms with Crippen LogP contribution in [0.1, 0.15) is 24.2 Å². The summed E-state index contributed by atoms with van der Waals surface area (Å²) in [6.45, 7) is 5.92. The third kappa shape index (κ3) is 3.17. The lowest BCUT2D eigenvalue weighted by Gasteiger charge is -2.40. The molecule has 1 fully saturated rings. The standard InChI is InChI=1S/C15H17ClFN3O/c1-15(2,10-18)20-8-6-19(7-9-20)14(21)11-4-3-5-12(17)13(11)16/h3-5H,6-9H2,1-2H3. The molecule has 0 atom stereocenters. The molecule has 1 aliphatic rings. The van der Waals surface area contributed by atoms with E-state index in [0.717, 1.165) is 0 Å². The molecule has 21 heavy (non-hydrogen) atoms. The van der Waals surface area contributed by atoms with Gasteiger partial charge in [0, 0.05) is 26.2 Å². The Morgan fingerprint density at radius 2 is 1.95 bits per heavy atom. The van der Waals surface area contributed by atoms with Crippen molar-refractivity contribution in [3.8, 4) is 6.07 Å². The summed E-state index contributed by atoms with van der Waals surface area (Å²) in [5, 5.41) is 9.00. The lowest BCUT2D eigenvalue weighted by atomic mass is 10.0. The summed E-state index contributed by atoms with van der Waals surface area (Å²) in [6, 6.07) is 6.49. The van der Waals surface area contributed by atoms with Crippen molar-refractivity contribution in [1.82, 2.24) is 9.80 Å². The Morgan fingerprint density at radius 1 is 1.33 bits per heavy atom. The van der Waals surface area contributed by atoms with Crippen LogP contribution in [-0.4, -0.2) is 47.4 Å². The van der Waals surface area contributed by atoms with Gasteiger partial charge in [0.15, 0.2) is 0 Å². The summed E-state index contributed by atoms with van der Waals surface area (Å²) in [6.07, 6.45) is 0. The number of nitrogens with zero attached hydrogens (tertiary/aromatic N) is 3. The molecule has 0 saturated carbocycles. The highest BCUT2D eigenvalue weighted by Crippen LogP contribution is 2.23. The molecular weight excluding hydrogens is 293 g/mol. The van der Waals surface area contributed by atoms with Gasteiger partial charge in [0.2, 0.25) is 0 Å². The van der Waals surface area contributed by atoms with Gasteiger partial charge in [-0.25, -0.2) is 4.39 Å². The first-order chi connectivity index (χ1) is 9.86. The molecule has 0 N–H and O–H groups in total. The summed E-state index contributed by atoms with van der Waals surface area (Å²) in [4.78, 5) is 16.1. The molecule has 4 nitrogen and oxygen atoms in total. The Kier molecular flexibility index (Phi) is 4.50. The summed E-state index contributed by atoms with van der Waals surface area (Å²) >= 11 is 5.86. The third-order valence-corrected chi connectivity index (χ3v) is 4.20. The Balaban J connectivity index is 2.08. The van der Waals surface area contributed by atoms with E-state index in [1.165, 1.54) is 18.2 Å². The van der Waals surface area contributed by atoms with Gasteiger partial charge in [0.05, 0.1) is 16.7 Å². The number of halogens is 2. The second kappa shape index (κ2) is 6.00. The van der Waals surface area contributed by atoms with Gasteiger partial charge in [-0.1, -0.05) is 17.7 Å². The molecule has 1 amide bonds. The van der Waals surface area contributed by atoms with Crippen molar-refractivity contribution in [3.63, 3.8) is 0 Å². The van der Waals surface area contributed by atoms with E-state index < -0.39 is 11.4 Å². The molecule has 1 heterocycles. The van der Waals surface area contributed by atoms with Gasteiger partial charge >= 0.3 is 0 Å². The highest BCUT2D eigenvalue weighted by atomic mass is 35.5. The number of rotatable bonds is 2. The monoisotopic (exact) mass is 309 g/mol. The zero-order valence-corrected chi connectivity index (χ0v) is 12.8. The zero-order chi connectivity index (χ0) is 15.6. The number of carbonyl (C=O) groups is 1. The molecule has 1 aromatic carbocycles. The molecular formula is C15H17ClFN3O. The van der Waals surface area contributed by atoms with Crippen LogP contribution in [0, 0.1) is 17.1 Å². The number of carbonyl (C=O) groups excluding carboxylic acids is 1. The van der Waals surface area contributed by atoms with Gasteiger partial charge in [-0.3, -0.25) is 9.69 Å². The van der Waals surface area contributed by atoms with Crippen LogP contribution in [0.5, 0.6) is 0 Å². The molecule has 0 radical (unpaired) electrons. The molecule has 0 aliphatic carbocycles. The smallest absolute Gasteiger partial charge is 0.255 e. The van der Waals surface area contributed by atoms with Gasteiger partial charge in [0.25, 0.3) is 5.91 Å². The van der Waals surface area contributed by atoms with Crippen LogP contribution in [0.4, 0.5) is 4.39 Å². The fraction of sp³-hybridized carbons (Fsp3) is 0.467. The van der Waals surface area contributed by atoms with Crippen molar-refractivity contribution in [2.45, 2.75) is 19.4 Å². The maximum absolute atomic E-state index is 13.4. The summed E-state index contributed by atoms with van der Waals surface area (Å²) in [7, 11) is 0. The highest BCUT2D eigenvalue weighted by molar-refractivity contribution is 6.34. The van der Waals surface area contributed by atoms with Crippen LogP contribution in [-0.2, 0) is 0 Å². The average Bonchev–Trinajstić information content (AvgIpc) is 2.49. The molecule has 0 unspecified atom stereocenters. The van der Waals surface area contributed by atoms with Gasteiger partial charge < -0.3 is 4.90 Å². The first-order valence-corrected chi connectivity index (χ1v) is 7.14. The maximum Gasteiger partial charge on any atom is 0.255 e. The van der Waals surface area contributed by atoms with Crippen molar-refractivity contribution >= 4 is 17.5 Å². The topological polar surface area (TPSA) is 47.3 Å². The Morgan fingerprint density at radius 3 is 2.52 bits per heavy atom. The van der Waals surface area contributed by atoms with Gasteiger partial charge in [-0.2, -0.15) is 5.26 Å². The number of amides is 1. The van der Waals surface area contributed by atoms with E-state index in [4.69, 9.17) is 16.9 Å². The van der Waals surface area contributed by atoms with E-state index >= 15 is 0 Å². The van der Waals surface area contributed by atoms with Gasteiger partial charge in [-0.05, 0) is 26.0 Å². The fourth-order valence-corrected chi connectivity index (χ4v) is 2.59. The normalized spacial score (nSPS) is 16.6. The van der Waals surface area contributed by atoms with E-state index in [1.807, 2.05) is 18.7 Å². The van der Waals surface area contributed by atoms with Crippen molar-refractivity contribution in [1.29, 1.82) is 5.26 Å². The highest BCUT2D eigenvalue weighted by Gasteiger charge is 2.31. The summed E-state index contributed by atoms with van der Waals surface area (Å²) in [5.41, 5.74) is -0.365. The van der Waals surface area contributed by atoms with E-state index in [9.17, 15) is 9.18 Å². The number of piperazine rings is 1. The van der Waals surface area contributed by atoms with Crippen molar-refractivity contribution < 1.29 is 9.18 Å². The Bertz CT molecular complexity index is 589. The van der Waals surface area contributed by atoms with Crippen LogP contribution in [0.3, 0.4) is 0 Å². The van der Waals surface area contributed by atoms with Gasteiger partial charge in [-0.15, -0.1) is 0 Å². The van der Waals surface area contributed by atoms with Crippen LogP contribution in [0.2, 0.25) is 5.02 Å². The van der Waals surface area contributed by atoms with Crippen molar-refractivity contribution in [2.24, 2.45) is 0 Å². The lowest BCUT2D eigenvalue weighted by Crippen LogP contribution is -2.55. The molecule has 112 valence electrons. The molecule has 1 saturated heterocycles. The number of hydrogen-bond donors (Lipinski definition) is 0. The second-order valence-corrected chi connectivity index (χ2v) is 5.93. The van der Waals surface area contributed by atoms with E-state index in [-0.39, 0.29) is 16.5 Å². The second-order valence-electron chi connectivity index (χ2n) is 5.55. The number of nitriles is 1. The minimum atomic E-state index is -0.591. The van der Waals surface area contributed by atoms with Crippen molar-refractivity contribution in [2.75, 3.05) is 26.2 Å². The first kappa shape index (κ1) is 15.7. The summed E-state index contributed by atoms with van der Waals surface area (Å²) in [5.74, 6) is -0.860. The third-order valence-electron chi connectivity index (χ3n) is 3.81. The number of hydrogen-bond acceptors (Lipinski definition) is 3. The molecule has 2 rings (SSSR count). The quantitative estimate of drug-likeness (QED) is 0.843. The van der Waals surface area contributed by atoms with Crippen molar-refractivity contribution in [3.05, 3.63) is 34.6 Å². The predicted molar refractivity (Wildman–Crippen MR) is 78.6 cm³/mol. The van der Waals surface area contributed by atoms with Crippen LogP contribution in [0.15, 0.2) is 18.2 Å². The molecule has 1 aliphatic heterocycles. The van der Waals surface area contributed by atoms with Gasteiger partial charge in [0.1, 0.15) is 11.4 Å². The molecule has 0 aromatic heterocycles. The Hall–Kier alpha value is -1.64. The van der Waals surface area contributed by atoms with E-state index in [2.05, 4.69) is 6.07 Å². The van der Waals surface area contributed by atoms with Crippen LogP contribution < -0.4 is 0 Å². The average molecular weight is 310 g/mol. The molecule has 0 spiro atoms.